The highest BCUT2D eigenvalue weighted by Crippen LogP contribution is 2.05. The number of carbonyl (C=O) groups excluding carboxylic acids is 2. The number of nitrogen functional groups attached to an aromatic ring is 1. The number of benzene rings is 1. The molecule has 0 bridgehead atoms. The van der Waals surface area contributed by atoms with Crippen LogP contribution in [0.4, 0.5) is 5.69 Å². The van der Waals surface area contributed by atoms with E-state index in [1.165, 1.54) is 0 Å². The molecule has 110 valence electrons. The monoisotopic (exact) mass is 277 g/mol. The molecule has 0 aliphatic carbocycles. The smallest absolute Gasteiger partial charge is 0.224 e. The zero-order chi connectivity index (χ0) is 15.0. The molecule has 0 unspecified atom stereocenters. The van der Waals surface area contributed by atoms with Gasteiger partial charge in [0.25, 0.3) is 0 Å². The summed E-state index contributed by atoms with van der Waals surface area (Å²) in [4.78, 5) is 23.1. The average molecular weight is 277 g/mol. The number of hydrogen-bond donors (Lipinski definition) is 3. The van der Waals surface area contributed by atoms with Crippen LogP contribution in [0.15, 0.2) is 24.3 Å². The number of hydrogen-bond acceptors (Lipinski definition) is 3. The molecule has 0 aliphatic rings. The van der Waals surface area contributed by atoms with Crippen molar-refractivity contribution in [3.8, 4) is 0 Å². The molecular weight excluding hydrogens is 254 g/mol. The van der Waals surface area contributed by atoms with Crippen LogP contribution in [0.3, 0.4) is 0 Å². The molecule has 0 aliphatic heterocycles. The maximum absolute atomic E-state index is 11.7. The van der Waals surface area contributed by atoms with Crippen LogP contribution >= 0.6 is 0 Å². The van der Waals surface area contributed by atoms with Gasteiger partial charge in [-0.15, -0.1) is 0 Å². The second-order valence-electron chi connectivity index (χ2n) is 5.22. The zero-order valence-electron chi connectivity index (χ0n) is 12.1. The van der Waals surface area contributed by atoms with Gasteiger partial charge in [-0.25, -0.2) is 0 Å². The standard InChI is InChI=1S/C15H23N3O2/c1-11(2)9-14(19)17-7-8-18-15(20)10-12-3-5-13(16)6-4-12/h3-6,11H,7-10,16H2,1-2H3,(H,17,19)(H,18,20). The third-order valence-electron chi connectivity index (χ3n) is 2.71. The van der Waals surface area contributed by atoms with Gasteiger partial charge in [-0.1, -0.05) is 26.0 Å². The molecule has 0 atom stereocenters. The number of rotatable bonds is 7. The van der Waals surface area contributed by atoms with Gasteiger partial charge in [0.1, 0.15) is 0 Å². The Hall–Kier alpha value is -2.04. The van der Waals surface area contributed by atoms with Crippen molar-refractivity contribution in [3.63, 3.8) is 0 Å². The third kappa shape index (κ3) is 6.78. The lowest BCUT2D eigenvalue weighted by molar-refractivity contribution is -0.123. The highest BCUT2D eigenvalue weighted by molar-refractivity contribution is 5.79. The predicted molar refractivity (Wildman–Crippen MR) is 80.0 cm³/mol. The van der Waals surface area contributed by atoms with Gasteiger partial charge in [-0.3, -0.25) is 9.59 Å². The molecule has 5 nitrogen and oxygen atoms in total. The van der Waals surface area contributed by atoms with Gasteiger partial charge in [0.15, 0.2) is 0 Å². The summed E-state index contributed by atoms with van der Waals surface area (Å²) in [5.74, 6) is 0.302. The largest absolute Gasteiger partial charge is 0.399 e. The topological polar surface area (TPSA) is 84.2 Å². The fourth-order valence-corrected chi connectivity index (χ4v) is 1.73. The Bertz CT molecular complexity index is 441. The van der Waals surface area contributed by atoms with Crippen molar-refractivity contribution in [1.29, 1.82) is 0 Å². The van der Waals surface area contributed by atoms with E-state index in [0.717, 1.165) is 5.56 Å². The molecule has 1 rings (SSSR count). The van der Waals surface area contributed by atoms with E-state index in [1.54, 1.807) is 12.1 Å². The van der Waals surface area contributed by atoms with Crippen LogP contribution in [0.1, 0.15) is 25.8 Å². The Morgan fingerprint density at radius 2 is 1.60 bits per heavy atom. The van der Waals surface area contributed by atoms with Gasteiger partial charge in [0, 0.05) is 25.2 Å². The molecule has 0 radical (unpaired) electrons. The quantitative estimate of drug-likeness (QED) is 0.515. The zero-order valence-corrected chi connectivity index (χ0v) is 12.1. The number of carbonyl (C=O) groups is 2. The summed E-state index contributed by atoms with van der Waals surface area (Å²) >= 11 is 0. The van der Waals surface area contributed by atoms with Crippen LogP contribution < -0.4 is 16.4 Å². The highest BCUT2D eigenvalue weighted by atomic mass is 16.2. The molecule has 0 fully saturated rings. The molecule has 2 amide bonds. The molecule has 0 saturated heterocycles. The summed E-state index contributed by atoms with van der Waals surface area (Å²) in [6.07, 6.45) is 0.833. The number of anilines is 1. The van der Waals surface area contributed by atoms with Crippen molar-refractivity contribution in [2.24, 2.45) is 5.92 Å². The average Bonchev–Trinajstić information content (AvgIpc) is 2.37. The normalized spacial score (nSPS) is 10.3. The van der Waals surface area contributed by atoms with Crippen molar-refractivity contribution in [1.82, 2.24) is 10.6 Å². The van der Waals surface area contributed by atoms with E-state index in [4.69, 9.17) is 5.73 Å². The molecular formula is C15H23N3O2. The van der Waals surface area contributed by atoms with Crippen molar-refractivity contribution in [2.75, 3.05) is 18.8 Å². The minimum absolute atomic E-state index is 0.0211. The first-order valence-electron chi connectivity index (χ1n) is 6.85. The highest BCUT2D eigenvalue weighted by Gasteiger charge is 2.05. The van der Waals surface area contributed by atoms with Gasteiger partial charge >= 0.3 is 0 Å². The third-order valence-corrected chi connectivity index (χ3v) is 2.71. The number of amides is 2. The van der Waals surface area contributed by atoms with Crippen molar-refractivity contribution < 1.29 is 9.59 Å². The van der Waals surface area contributed by atoms with Gasteiger partial charge in [-0.2, -0.15) is 0 Å². The molecule has 0 saturated carbocycles. The van der Waals surface area contributed by atoms with E-state index in [0.29, 0.717) is 37.5 Å². The van der Waals surface area contributed by atoms with Gasteiger partial charge in [0.05, 0.1) is 6.42 Å². The summed E-state index contributed by atoms with van der Waals surface area (Å²) in [6, 6.07) is 7.21. The lowest BCUT2D eigenvalue weighted by atomic mass is 10.1. The minimum atomic E-state index is -0.0621. The Morgan fingerprint density at radius 1 is 1.05 bits per heavy atom. The van der Waals surface area contributed by atoms with E-state index in [-0.39, 0.29) is 11.8 Å². The van der Waals surface area contributed by atoms with E-state index >= 15 is 0 Å². The van der Waals surface area contributed by atoms with E-state index < -0.39 is 0 Å². The molecule has 0 spiro atoms. The van der Waals surface area contributed by atoms with Crippen molar-refractivity contribution in [2.45, 2.75) is 26.7 Å². The molecule has 1 aromatic carbocycles. The van der Waals surface area contributed by atoms with Crippen LogP contribution in [-0.4, -0.2) is 24.9 Å². The summed E-state index contributed by atoms with van der Waals surface area (Å²) < 4.78 is 0. The van der Waals surface area contributed by atoms with Crippen LogP contribution in [0.2, 0.25) is 0 Å². The molecule has 20 heavy (non-hydrogen) atoms. The minimum Gasteiger partial charge on any atom is -0.399 e. The van der Waals surface area contributed by atoms with E-state index in [9.17, 15) is 9.59 Å². The lowest BCUT2D eigenvalue weighted by Gasteiger charge is -2.08. The Morgan fingerprint density at radius 3 is 2.15 bits per heavy atom. The van der Waals surface area contributed by atoms with Crippen LogP contribution in [0.25, 0.3) is 0 Å². The molecule has 4 N–H and O–H groups in total. The van der Waals surface area contributed by atoms with Gasteiger partial charge in [0.2, 0.25) is 11.8 Å². The Labute approximate surface area is 119 Å². The second-order valence-corrected chi connectivity index (χ2v) is 5.22. The van der Waals surface area contributed by atoms with Gasteiger partial charge in [-0.05, 0) is 23.6 Å². The second kappa shape index (κ2) is 8.19. The number of nitrogens with one attached hydrogen (secondary N) is 2. The van der Waals surface area contributed by atoms with Crippen LogP contribution in [-0.2, 0) is 16.0 Å². The molecule has 1 aromatic rings. The van der Waals surface area contributed by atoms with Crippen LogP contribution in [0.5, 0.6) is 0 Å². The molecule has 5 heteroatoms. The van der Waals surface area contributed by atoms with E-state index in [2.05, 4.69) is 10.6 Å². The SMILES string of the molecule is CC(C)CC(=O)NCCNC(=O)Cc1ccc(N)cc1. The first-order valence-corrected chi connectivity index (χ1v) is 6.85. The fourth-order valence-electron chi connectivity index (χ4n) is 1.73. The Balaban J connectivity index is 2.17. The molecule has 0 aromatic heterocycles. The number of nitrogens with two attached hydrogens (primary N) is 1. The summed E-state index contributed by atoms with van der Waals surface area (Å²) in [5.41, 5.74) is 7.18. The lowest BCUT2D eigenvalue weighted by Crippen LogP contribution is -2.35. The fraction of sp³-hybridized carbons (Fsp3) is 0.467. The van der Waals surface area contributed by atoms with Gasteiger partial charge < -0.3 is 16.4 Å². The summed E-state index contributed by atoms with van der Waals surface area (Å²) in [5, 5.41) is 5.54. The maximum atomic E-state index is 11.7. The summed E-state index contributed by atoms with van der Waals surface area (Å²) in [6.45, 7) is 4.89. The summed E-state index contributed by atoms with van der Waals surface area (Å²) in [7, 11) is 0. The van der Waals surface area contributed by atoms with Crippen molar-refractivity contribution >= 4 is 17.5 Å². The first-order chi connectivity index (χ1) is 9.47. The van der Waals surface area contributed by atoms with Crippen molar-refractivity contribution in [3.05, 3.63) is 29.8 Å². The van der Waals surface area contributed by atoms with E-state index in [1.807, 2.05) is 26.0 Å². The first kappa shape index (κ1) is 16.0. The maximum Gasteiger partial charge on any atom is 0.224 e. The molecule has 0 heterocycles. The predicted octanol–water partition coefficient (Wildman–Crippen LogP) is 1.09. The Kier molecular flexibility index (Phi) is 6.56. The van der Waals surface area contributed by atoms with Crippen LogP contribution in [0, 0.1) is 5.92 Å².